The number of ether oxygens (including phenoxy) is 2. The predicted molar refractivity (Wildman–Crippen MR) is 52.7 cm³/mol. The van der Waals surface area contributed by atoms with Crippen molar-refractivity contribution in [3.05, 3.63) is 0 Å². The molecule has 1 saturated heterocycles. The Labute approximate surface area is 85.5 Å². The highest BCUT2D eigenvalue weighted by Gasteiger charge is 2.20. The molecule has 0 spiro atoms. The molecule has 1 fully saturated rings. The molecular formula is C6H13Br2NO2. The third-order valence-corrected chi connectivity index (χ3v) is 2.25. The van der Waals surface area contributed by atoms with E-state index in [1.54, 1.807) is 0 Å². The van der Waals surface area contributed by atoms with E-state index in [1.807, 2.05) is 0 Å². The number of nitrogens with two attached hydrogens (primary N) is 1. The summed E-state index contributed by atoms with van der Waals surface area (Å²) in [4.78, 5) is 0. The molecular weight excluding hydrogens is 278 g/mol. The van der Waals surface area contributed by atoms with Gasteiger partial charge in [0.05, 0.1) is 25.9 Å². The molecule has 0 radical (unpaired) electrons. The molecule has 1 heterocycles. The van der Waals surface area contributed by atoms with Crippen LogP contribution in [0.2, 0.25) is 0 Å². The topological polar surface area (TPSA) is 44.5 Å². The molecule has 1 aliphatic rings. The van der Waals surface area contributed by atoms with E-state index >= 15 is 0 Å². The van der Waals surface area contributed by atoms with Crippen LogP contribution in [-0.2, 0) is 9.47 Å². The zero-order valence-corrected chi connectivity index (χ0v) is 9.46. The van der Waals surface area contributed by atoms with Crippen LogP contribution < -0.4 is 5.73 Å². The van der Waals surface area contributed by atoms with Crippen LogP contribution in [0, 0.1) is 0 Å². The van der Waals surface area contributed by atoms with Gasteiger partial charge in [-0.3, -0.25) is 0 Å². The molecule has 3 nitrogen and oxygen atoms in total. The fraction of sp³-hybridized carbons (Fsp3) is 1.00. The Morgan fingerprint density at radius 2 is 2.27 bits per heavy atom. The van der Waals surface area contributed by atoms with Crippen LogP contribution in [0.1, 0.15) is 0 Å². The fourth-order valence-corrected chi connectivity index (χ4v) is 1.27. The molecule has 1 aliphatic heterocycles. The Kier molecular flexibility index (Phi) is 6.85. The second-order valence-electron chi connectivity index (χ2n) is 2.30. The maximum absolute atomic E-state index is 5.70. The fourth-order valence-electron chi connectivity index (χ4n) is 0.853. The van der Waals surface area contributed by atoms with Gasteiger partial charge in [0.15, 0.2) is 0 Å². The van der Waals surface area contributed by atoms with Crippen LogP contribution in [0.3, 0.4) is 0 Å². The lowest BCUT2D eigenvalue weighted by Crippen LogP contribution is -2.44. The van der Waals surface area contributed by atoms with Gasteiger partial charge in [0, 0.05) is 11.4 Å². The lowest BCUT2D eigenvalue weighted by Gasteiger charge is -2.26. The first-order valence-electron chi connectivity index (χ1n) is 3.35. The molecule has 2 unspecified atom stereocenters. The van der Waals surface area contributed by atoms with Crippen LogP contribution in [0.4, 0.5) is 0 Å². The Morgan fingerprint density at radius 3 is 2.73 bits per heavy atom. The lowest BCUT2D eigenvalue weighted by molar-refractivity contribution is -0.0941. The second-order valence-corrected chi connectivity index (χ2v) is 2.95. The van der Waals surface area contributed by atoms with E-state index in [2.05, 4.69) is 15.9 Å². The van der Waals surface area contributed by atoms with E-state index in [0.29, 0.717) is 19.8 Å². The van der Waals surface area contributed by atoms with E-state index in [1.165, 1.54) is 0 Å². The average molecular weight is 291 g/mol. The molecule has 0 aliphatic carbocycles. The number of rotatable bonds is 2. The van der Waals surface area contributed by atoms with Crippen molar-refractivity contribution in [1.29, 1.82) is 0 Å². The van der Waals surface area contributed by atoms with Crippen molar-refractivity contribution >= 4 is 32.9 Å². The minimum absolute atomic E-state index is 0. The summed E-state index contributed by atoms with van der Waals surface area (Å²) in [6.45, 7) is 2.00. The molecule has 0 aromatic heterocycles. The summed E-state index contributed by atoms with van der Waals surface area (Å²) >= 11 is 3.29. The van der Waals surface area contributed by atoms with E-state index in [4.69, 9.17) is 15.2 Å². The third-order valence-electron chi connectivity index (χ3n) is 1.50. The highest BCUT2D eigenvalue weighted by molar-refractivity contribution is 9.09. The average Bonchev–Trinajstić information content (AvgIpc) is 2.05. The van der Waals surface area contributed by atoms with Gasteiger partial charge in [-0.05, 0) is 0 Å². The number of hydrogen-bond donors (Lipinski definition) is 1. The molecule has 0 aromatic rings. The Bertz CT molecular complexity index is 98.6. The van der Waals surface area contributed by atoms with Gasteiger partial charge in [0.2, 0.25) is 0 Å². The highest BCUT2D eigenvalue weighted by Crippen LogP contribution is 2.05. The van der Waals surface area contributed by atoms with Gasteiger partial charge in [-0.1, -0.05) is 15.9 Å². The minimum Gasteiger partial charge on any atom is -0.376 e. The molecule has 1 rings (SSSR count). The van der Waals surface area contributed by atoms with Gasteiger partial charge in [0.1, 0.15) is 0 Å². The molecule has 11 heavy (non-hydrogen) atoms. The van der Waals surface area contributed by atoms with E-state index in [9.17, 15) is 0 Å². The Hall–Kier alpha value is 0.840. The van der Waals surface area contributed by atoms with E-state index in [-0.39, 0.29) is 29.1 Å². The first-order valence-corrected chi connectivity index (χ1v) is 4.47. The maximum atomic E-state index is 5.70. The molecule has 2 atom stereocenters. The monoisotopic (exact) mass is 289 g/mol. The summed E-state index contributed by atoms with van der Waals surface area (Å²) in [6, 6.07) is 0.0558. The van der Waals surface area contributed by atoms with Gasteiger partial charge < -0.3 is 15.2 Å². The molecule has 0 bridgehead atoms. The van der Waals surface area contributed by atoms with Gasteiger partial charge >= 0.3 is 0 Å². The van der Waals surface area contributed by atoms with Crippen molar-refractivity contribution in [2.75, 3.05) is 25.2 Å². The van der Waals surface area contributed by atoms with Crippen LogP contribution in [0.5, 0.6) is 0 Å². The van der Waals surface area contributed by atoms with E-state index in [0.717, 1.165) is 5.33 Å². The van der Waals surface area contributed by atoms with Crippen molar-refractivity contribution in [3.8, 4) is 0 Å². The minimum atomic E-state index is 0. The predicted octanol–water partition coefficient (Wildman–Crippen LogP) is 0.702. The maximum Gasteiger partial charge on any atom is 0.0968 e. The number of halogens is 2. The summed E-state index contributed by atoms with van der Waals surface area (Å²) in [5.74, 6) is 0. The number of alkyl halides is 1. The van der Waals surface area contributed by atoms with Gasteiger partial charge in [-0.25, -0.2) is 0 Å². The highest BCUT2D eigenvalue weighted by atomic mass is 79.9. The van der Waals surface area contributed by atoms with Crippen molar-refractivity contribution in [2.45, 2.75) is 12.1 Å². The van der Waals surface area contributed by atoms with Crippen LogP contribution in [-0.4, -0.2) is 37.3 Å². The Morgan fingerprint density at radius 1 is 1.55 bits per heavy atom. The van der Waals surface area contributed by atoms with Crippen molar-refractivity contribution in [1.82, 2.24) is 0 Å². The molecule has 5 heteroatoms. The van der Waals surface area contributed by atoms with Gasteiger partial charge in [0.25, 0.3) is 0 Å². The summed E-state index contributed by atoms with van der Waals surface area (Å²) < 4.78 is 10.5. The SMILES string of the molecule is Br.NC(CBr)C1COCCO1. The van der Waals surface area contributed by atoms with E-state index < -0.39 is 0 Å². The van der Waals surface area contributed by atoms with Crippen molar-refractivity contribution < 1.29 is 9.47 Å². The van der Waals surface area contributed by atoms with Crippen molar-refractivity contribution in [2.24, 2.45) is 5.73 Å². The quantitative estimate of drug-likeness (QED) is 0.762. The summed E-state index contributed by atoms with van der Waals surface area (Å²) in [5.41, 5.74) is 5.70. The zero-order chi connectivity index (χ0) is 7.40. The Balaban J connectivity index is 0.000001000. The normalized spacial score (nSPS) is 27.3. The smallest absolute Gasteiger partial charge is 0.0968 e. The van der Waals surface area contributed by atoms with Gasteiger partial charge in [-0.15, -0.1) is 17.0 Å². The van der Waals surface area contributed by atoms with Gasteiger partial charge in [-0.2, -0.15) is 0 Å². The molecule has 0 amide bonds. The van der Waals surface area contributed by atoms with Crippen molar-refractivity contribution in [3.63, 3.8) is 0 Å². The summed E-state index contributed by atoms with van der Waals surface area (Å²) in [6.07, 6.45) is 0.0770. The third kappa shape index (κ3) is 3.85. The van der Waals surface area contributed by atoms with Crippen LogP contribution in [0.15, 0.2) is 0 Å². The first-order chi connectivity index (χ1) is 4.84. The molecule has 2 N–H and O–H groups in total. The molecule has 0 aromatic carbocycles. The van der Waals surface area contributed by atoms with Crippen LogP contribution >= 0.6 is 32.9 Å². The molecule has 68 valence electrons. The lowest BCUT2D eigenvalue weighted by atomic mass is 10.2. The number of hydrogen-bond acceptors (Lipinski definition) is 3. The molecule has 0 saturated carbocycles. The first kappa shape index (κ1) is 11.8. The summed E-state index contributed by atoms with van der Waals surface area (Å²) in [5, 5.41) is 0.765. The standard InChI is InChI=1S/C6H12BrNO2.BrH/c7-3-5(8)6-4-9-1-2-10-6;/h5-6H,1-4,8H2;1H. The van der Waals surface area contributed by atoms with Crippen LogP contribution in [0.25, 0.3) is 0 Å². The zero-order valence-electron chi connectivity index (χ0n) is 6.16. The largest absolute Gasteiger partial charge is 0.376 e. The second kappa shape index (κ2) is 6.37. The summed E-state index contributed by atoms with van der Waals surface area (Å²) in [7, 11) is 0.